The molecule has 0 aromatic heterocycles. The number of unbranched alkanes of at least 4 members (excludes halogenated alkanes) is 10. The number of ether oxygens (including phenoxy) is 2. The van der Waals surface area contributed by atoms with Crippen molar-refractivity contribution in [3.63, 3.8) is 0 Å². The minimum Gasteiger partial charge on any atom is -0.385 e. The average Bonchev–Trinajstić information content (AvgIpc) is 2.75. The highest BCUT2D eigenvalue weighted by Gasteiger charge is 2.11. The summed E-state index contributed by atoms with van der Waals surface area (Å²) in [5.74, 6) is 0.511. The number of methoxy groups -OCH3 is 2. The van der Waals surface area contributed by atoms with Crippen LogP contribution in [0.4, 0.5) is 0 Å². The van der Waals surface area contributed by atoms with Crippen molar-refractivity contribution in [2.75, 3.05) is 66.0 Å². The molecule has 0 heterocycles. The van der Waals surface area contributed by atoms with Crippen LogP contribution in [0.2, 0.25) is 0 Å². The van der Waals surface area contributed by atoms with Crippen LogP contribution in [0.1, 0.15) is 77.0 Å². The van der Waals surface area contributed by atoms with E-state index in [1.165, 1.54) is 51.4 Å². The van der Waals surface area contributed by atoms with Gasteiger partial charge in [0.1, 0.15) is 0 Å². The lowest BCUT2D eigenvalue weighted by Crippen LogP contribution is -2.22. The number of hydrogen-bond acceptors (Lipinski definition) is 8. The summed E-state index contributed by atoms with van der Waals surface area (Å²) in [7, 11) is 0.878. The smallest absolute Gasteiger partial charge is 0.322 e. The molecule has 0 bridgehead atoms. The summed E-state index contributed by atoms with van der Waals surface area (Å²) in [5, 5.41) is 6.55. The largest absolute Gasteiger partial charge is 0.385 e. The molecule has 0 amide bonds. The van der Waals surface area contributed by atoms with Gasteiger partial charge in [-0.25, -0.2) is 0 Å². The Kier molecular flexibility index (Phi) is 24.8. The van der Waals surface area contributed by atoms with E-state index < -0.39 is 9.15 Å². The number of rotatable bonds is 26. The first-order valence-electron chi connectivity index (χ1n) is 12.1. The quantitative estimate of drug-likeness (QED) is 0.140. The monoisotopic (exact) mass is 484 g/mol. The molecule has 7 nitrogen and oxygen atoms in total. The first kappa shape index (κ1) is 31.1. The Morgan fingerprint density at radius 1 is 0.581 bits per heavy atom. The van der Waals surface area contributed by atoms with Crippen molar-refractivity contribution in [3.8, 4) is 0 Å². The predicted octanol–water partition coefficient (Wildman–Crippen LogP) is 4.13. The third-order valence-electron chi connectivity index (χ3n) is 4.92. The summed E-state index contributed by atoms with van der Waals surface area (Å²) in [6.45, 7) is 5.02. The minimum absolute atomic E-state index is 0.199. The Balaban J connectivity index is 3.31. The van der Waals surface area contributed by atoms with E-state index in [9.17, 15) is 8.42 Å². The van der Waals surface area contributed by atoms with Crippen molar-refractivity contribution in [3.05, 3.63) is 0 Å². The molecule has 9 heteroatoms. The van der Waals surface area contributed by atoms with Gasteiger partial charge < -0.3 is 20.1 Å². The van der Waals surface area contributed by atoms with Crippen LogP contribution in [0.25, 0.3) is 0 Å². The van der Waals surface area contributed by atoms with E-state index in [1.54, 1.807) is 14.2 Å². The molecule has 0 radical (unpaired) electrons. The summed E-state index contributed by atoms with van der Waals surface area (Å²) in [6.07, 6.45) is 14.5. The standard InChI is InChI=1S/C22H48N2O5S2/c1-27-19-13-9-5-3-7-11-15-23-17-21-29-31(25,26)30-22-18-24-16-12-8-4-6-10-14-20-28-2/h23-24H,3-22H2,1-2H3. The van der Waals surface area contributed by atoms with Crippen LogP contribution in [0, 0.1) is 0 Å². The molecule has 0 fully saturated rings. The summed E-state index contributed by atoms with van der Waals surface area (Å²) < 4.78 is 38.8. The molecule has 0 spiro atoms. The molecule has 0 atom stereocenters. The Bertz CT molecular complexity index is 419. The zero-order valence-electron chi connectivity index (χ0n) is 20.0. The molecule has 0 saturated carbocycles. The molecule has 0 saturated heterocycles. The molecule has 0 aliphatic heterocycles. The first-order chi connectivity index (χ1) is 15.1. The van der Waals surface area contributed by atoms with Crippen molar-refractivity contribution < 1.29 is 22.1 Å². The van der Waals surface area contributed by atoms with E-state index in [2.05, 4.69) is 10.6 Å². The van der Waals surface area contributed by atoms with E-state index in [4.69, 9.17) is 13.7 Å². The summed E-state index contributed by atoms with van der Waals surface area (Å²) >= 11 is 0. The van der Waals surface area contributed by atoms with Crippen LogP contribution in [0.15, 0.2) is 0 Å². The van der Waals surface area contributed by atoms with Crippen molar-refractivity contribution in [1.82, 2.24) is 10.6 Å². The van der Waals surface area contributed by atoms with Gasteiger partial charge in [-0.3, -0.25) is 4.18 Å². The maximum absolute atomic E-state index is 11.9. The molecule has 0 aromatic rings. The van der Waals surface area contributed by atoms with Crippen LogP contribution >= 0.6 is 10.8 Å². The highest BCUT2D eigenvalue weighted by molar-refractivity contribution is 8.70. The van der Waals surface area contributed by atoms with Crippen LogP contribution in [-0.4, -0.2) is 74.4 Å². The second-order valence-corrected chi connectivity index (χ2v) is 11.4. The topological polar surface area (TPSA) is 85.9 Å². The van der Waals surface area contributed by atoms with Crippen molar-refractivity contribution in [2.24, 2.45) is 0 Å². The zero-order valence-corrected chi connectivity index (χ0v) is 21.6. The SMILES string of the molecule is COCCCCCCCCNCCOS(=O)(=O)SCCNCCCCCCCCOC. The summed E-state index contributed by atoms with van der Waals surface area (Å²) in [6, 6.07) is 0. The van der Waals surface area contributed by atoms with Gasteiger partial charge in [-0.2, -0.15) is 8.42 Å². The molecule has 0 aliphatic carbocycles. The lowest BCUT2D eigenvalue weighted by Gasteiger charge is -2.07. The van der Waals surface area contributed by atoms with E-state index in [1.807, 2.05) is 0 Å². The Morgan fingerprint density at radius 2 is 1.03 bits per heavy atom. The van der Waals surface area contributed by atoms with Gasteiger partial charge in [0.25, 0.3) is 0 Å². The fourth-order valence-corrected chi connectivity index (χ4v) is 5.18. The van der Waals surface area contributed by atoms with Crippen LogP contribution in [0.5, 0.6) is 0 Å². The maximum atomic E-state index is 11.9. The molecule has 2 N–H and O–H groups in total. The molecule has 31 heavy (non-hydrogen) atoms. The second kappa shape index (κ2) is 24.7. The normalized spacial score (nSPS) is 11.9. The predicted molar refractivity (Wildman–Crippen MR) is 132 cm³/mol. The van der Waals surface area contributed by atoms with Gasteiger partial charge in [0, 0.05) is 46.3 Å². The highest BCUT2D eigenvalue weighted by Crippen LogP contribution is 2.13. The zero-order chi connectivity index (χ0) is 22.9. The van der Waals surface area contributed by atoms with Gasteiger partial charge in [-0.15, -0.1) is 0 Å². The van der Waals surface area contributed by atoms with Gasteiger partial charge in [0.2, 0.25) is 0 Å². The van der Waals surface area contributed by atoms with E-state index in [0.29, 0.717) is 18.8 Å². The van der Waals surface area contributed by atoms with Gasteiger partial charge in [-0.05, 0) is 49.6 Å². The second-order valence-electron chi connectivity index (χ2n) is 7.78. The van der Waals surface area contributed by atoms with Gasteiger partial charge in [-0.1, -0.05) is 51.4 Å². The fourth-order valence-electron chi connectivity index (χ4n) is 3.12. The molecule has 0 rings (SSSR count). The summed E-state index contributed by atoms with van der Waals surface area (Å²) in [4.78, 5) is 0. The average molecular weight is 485 g/mol. The molecule has 0 aromatic carbocycles. The van der Waals surface area contributed by atoms with E-state index in [0.717, 1.165) is 62.8 Å². The fraction of sp³-hybridized carbons (Fsp3) is 1.00. The van der Waals surface area contributed by atoms with Crippen LogP contribution in [-0.2, 0) is 22.8 Å². The number of nitrogens with one attached hydrogen (secondary N) is 2. The minimum atomic E-state index is -3.49. The molecule has 188 valence electrons. The van der Waals surface area contributed by atoms with Crippen molar-refractivity contribution in [2.45, 2.75) is 77.0 Å². The van der Waals surface area contributed by atoms with Crippen molar-refractivity contribution >= 4 is 19.9 Å². The van der Waals surface area contributed by atoms with Gasteiger partial charge in [0.15, 0.2) is 0 Å². The maximum Gasteiger partial charge on any atom is 0.322 e. The first-order valence-corrected chi connectivity index (χ1v) is 15.0. The lowest BCUT2D eigenvalue weighted by atomic mass is 10.1. The van der Waals surface area contributed by atoms with Gasteiger partial charge >= 0.3 is 9.15 Å². The third-order valence-corrected chi connectivity index (χ3v) is 7.69. The molecule has 0 aliphatic rings. The Hall–Kier alpha value is 0.1000. The molecular formula is C22H48N2O5S2. The van der Waals surface area contributed by atoms with Crippen molar-refractivity contribution in [1.29, 1.82) is 0 Å². The summed E-state index contributed by atoms with van der Waals surface area (Å²) in [5.41, 5.74) is 0. The number of hydrogen-bond donors (Lipinski definition) is 2. The van der Waals surface area contributed by atoms with Crippen LogP contribution in [0.3, 0.4) is 0 Å². The van der Waals surface area contributed by atoms with Gasteiger partial charge in [0.05, 0.1) is 6.61 Å². The Labute approximate surface area is 195 Å². The third kappa shape index (κ3) is 26.2. The van der Waals surface area contributed by atoms with Crippen LogP contribution < -0.4 is 10.6 Å². The Morgan fingerprint density at radius 3 is 1.55 bits per heavy atom. The molecular weight excluding hydrogens is 436 g/mol. The molecule has 0 unspecified atom stereocenters. The van der Waals surface area contributed by atoms with E-state index in [-0.39, 0.29) is 6.61 Å². The van der Waals surface area contributed by atoms with E-state index >= 15 is 0 Å². The highest BCUT2D eigenvalue weighted by atomic mass is 33.1. The lowest BCUT2D eigenvalue weighted by molar-refractivity contribution is 0.192.